The number of ether oxygens (including phenoxy) is 1. The second kappa shape index (κ2) is 8.34. The van der Waals surface area contributed by atoms with Gasteiger partial charge in [-0.25, -0.2) is 4.98 Å². The van der Waals surface area contributed by atoms with E-state index in [0.29, 0.717) is 5.75 Å². The monoisotopic (exact) mass is 349 g/mol. The number of phenolic OH excluding ortho intramolecular Hbond substituents is 1. The van der Waals surface area contributed by atoms with Crippen LogP contribution in [0.1, 0.15) is 31.4 Å². The standard InChI is InChI=1S/C21H23N3O2/c1-3-7-17(15-8-5-4-6-9-15)23-21-14-22-13-18(24-21)16-10-11-19(25)20(12-16)26-2/h4-6,8-14,17,25H,3,7H2,1-2H3,(H,23,24)/t17-/m1/s1. The van der Waals surface area contributed by atoms with Crippen LogP contribution in [0, 0.1) is 0 Å². The molecule has 2 aromatic carbocycles. The summed E-state index contributed by atoms with van der Waals surface area (Å²) in [6, 6.07) is 15.7. The molecule has 5 nitrogen and oxygen atoms in total. The Balaban J connectivity index is 1.86. The van der Waals surface area contributed by atoms with Crippen LogP contribution in [0.2, 0.25) is 0 Å². The number of aromatic nitrogens is 2. The Hall–Kier alpha value is -3.08. The van der Waals surface area contributed by atoms with Crippen LogP contribution < -0.4 is 10.1 Å². The maximum atomic E-state index is 9.77. The van der Waals surface area contributed by atoms with Gasteiger partial charge in [0.05, 0.1) is 31.2 Å². The van der Waals surface area contributed by atoms with Crippen LogP contribution >= 0.6 is 0 Å². The minimum atomic E-state index is 0.102. The second-order valence-electron chi connectivity index (χ2n) is 6.07. The highest BCUT2D eigenvalue weighted by Gasteiger charge is 2.12. The second-order valence-corrected chi connectivity index (χ2v) is 6.07. The summed E-state index contributed by atoms with van der Waals surface area (Å²) in [5.74, 6) is 1.23. The quantitative estimate of drug-likeness (QED) is 0.640. The summed E-state index contributed by atoms with van der Waals surface area (Å²) < 4.78 is 5.18. The third kappa shape index (κ3) is 4.11. The van der Waals surface area contributed by atoms with Gasteiger partial charge in [0, 0.05) is 5.56 Å². The number of nitrogens with one attached hydrogen (secondary N) is 1. The molecule has 1 aromatic heterocycles. The van der Waals surface area contributed by atoms with Gasteiger partial charge in [0.15, 0.2) is 11.5 Å². The average Bonchev–Trinajstić information content (AvgIpc) is 2.69. The van der Waals surface area contributed by atoms with Crippen molar-refractivity contribution in [3.63, 3.8) is 0 Å². The van der Waals surface area contributed by atoms with Gasteiger partial charge in [-0.2, -0.15) is 0 Å². The minimum absolute atomic E-state index is 0.102. The lowest BCUT2D eigenvalue weighted by Gasteiger charge is -2.19. The molecule has 0 saturated carbocycles. The molecule has 5 heteroatoms. The number of aromatic hydroxyl groups is 1. The van der Waals surface area contributed by atoms with Crippen molar-refractivity contribution in [1.82, 2.24) is 9.97 Å². The van der Waals surface area contributed by atoms with Gasteiger partial charge in [-0.05, 0) is 30.2 Å². The zero-order valence-electron chi connectivity index (χ0n) is 15.0. The highest BCUT2D eigenvalue weighted by Crippen LogP contribution is 2.31. The molecule has 0 bridgehead atoms. The smallest absolute Gasteiger partial charge is 0.161 e. The zero-order chi connectivity index (χ0) is 18.4. The van der Waals surface area contributed by atoms with Crippen LogP contribution in [-0.4, -0.2) is 22.2 Å². The van der Waals surface area contributed by atoms with E-state index in [1.54, 1.807) is 30.6 Å². The lowest BCUT2D eigenvalue weighted by molar-refractivity contribution is 0.373. The van der Waals surface area contributed by atoms with Crippen LogP contribution in [0.5, 0.6) is 11.5 Å². The van der Waals surface area contributed by atoms with E-state index in [9.17, 15) is 5.11 Å². The number of methoxy groups -OCH3 is 1. The van der Waals surface area contributed by atoms with Crippen molar-refractivity contribution in [3.05, 3.63) is 66.5 Å². The number of nitrogens with zero attached hydrogens (tertiary/aromatic N) is 2. The van der Waals surface area contributed by atoms with E-state index in [4.69, 9.17) is 4.74 Å². The van der Waals surface area contributed by atoms with Gasteiger partial charge in [0.1, 0.15) is 5.82 Å². The molecule has 1 heterocycles. The highest BCUT2D eigenvalue weighted by atomic mass is 16.5. The summed E-state index contributed by atoms with van der Waals surface area (Å²) in [5.41, 5.74) is 2.78. The summed E-state index contributed by atoms with van der Waals surface area (Å²) in [7, 11) is 1.53. The molecule has 26 heavy (non-hydrogen) atoms. The van der Waals surface area contributed by atoms with Crippen molar-refractivity contribution in [2.45, 2.75) is 25.8 Å². The summed E-state index contributed by atoms with van der Waals surface area (Å²) in [5, 5.41) is 13.3. The van der Waals surface area contributed by atoms with Crippen molar-refractivity contribution in [2.24, 2.45) is 0 Å². The van der Waals surface area contributed by atoms with Crippen molar-refractivity contribution in [2.75, 3.05) is 12.4 Å². The van der Waals surface area contributed by atoms with E-state index < -0.39 is 0 Å². The van der Waals surface area contributed by atoms with E-state index in [-0.39, 0.29) is 11.8 Å². The normalized spacial score (nSPS) is 11.8. The molecule has 0 amide bonds. The van der Waals surface area contributed by atoms with Crippen LogP contribution in [0.3, 0.4) is 0 Å². The molecule has 0 aliphatic heterocycles. The Morgan fingerprint density at radius 1 is 1.12 bits per heavy atom. The molecule has 134 valence electrons. The van der Waals surface area contributed by atoms with E-state index >= 15 is 0 Å². The SMILES string of the molecule is CCC[C@@H](Nc1cncc(-c2ccc(O)c(OC)c2)n1)c1ccccc1. The Morgan fingerprint density at radius 3 is 2.65 bits per heavy atom. The van der Waals surface area contributed by atoms with E-state index in [0.717, 1.165) is 29.9 Å². The molecule has 0 fully saturated rings. The predicted octanol–water partition coefficient (Wildman–Crippen LogP) is 4.81. The molecular formula is C21H23N3O2. The largest absolute Gasteiger partial charge is 0.504 e. The summed E-state index contributed by atoms with van der Waals surface area (Å²) in [6.45, 7) is 2.17. The number of benzene rings is 2. The Labute approximate surface area is 153 Å². The van der Waals surface area contributed by atoms with Gasteiger partial charge in [-0.3, -0.25) is 4.98 Å². The third-order valence-electron chi connectivity index (χ3n) is 4.21. The third-order valence-corrected chi connectivity index (χ3v) is 4.21. The van der Waals surface area contributed by atoms with E-state index in [1.165, 1.54) is 12.7 Å². The summed E-state index contributed by atoms with van der Waals surface area (Å²) >= 11 is 0. The maximum Gasteiger partial charge on any atom is 0.161 e. The first-order chi connectivity index (χ1) is 12.7. The van der Waals surface area contributed by atoms with Crippen LogP contribution in [-0.2, 0) is 0 Å². The van der Waals surface area contributed by atoms with Crippen molar-refractivity contribution in [1.29, 1.82) is 0 Å². The van der Waals surface area contributed by atoms with Crippen molar-refractivity contribution >= 4 is 5.82 Å². The average molecular weight is 349 g/mol. The molecule has 0 unspecified atom stereocenters. The molecule has 0 aliphatic carbocycles. The summed E-state index contributed by atoms with van der Waals surface area (Å²) in [4.78, 5) is 9.00. The van der Waals surface area contributed by atoms with Gasteiger partial charge in [-0.1, -0.05) is 43.7 Å². The molecule has 0 spiro atoms. The van der Waals surface area contributed by atoms with Crippen LogP contribution in [0.25, 0.3) is 11.3 Å². The number of rotatable bonds is 7. The number of hydrogen-bond donors (Lipinski definition) is 2. The molecule has 3 aromatic rings. The zero-order valence-corrected chi connectivity index (χ0v) is 15.0. The fourth-order valence-electron chi connectivity index (χ4n) is 2.89. The van der Waals surface area contributed by atoms with Gasteiger partial charge in [0.25, 0.3) is 0 Å². The van der Waals surface area contributed by atoms with E-state index in [1.807, 2.05) is 18.2 Å². The van der Waals surface area contributed by atoms with Crippen LogP contribution in [0.4, 0.5) is 5.82 Å². The topological polar surface area (TPSA) is 67.3 Å². The lowest BCUT2D eigenvalue weighted by atomic mass is 10.0. The first-order valence-electron chi connectivity index (χ1n) is 8.72. The molecule has 2 N–H and O–H groups in total. The van der Waals surface area contributed by atoms with Crippen molar-refractivity contribution in [3.8, 4) is 22.8 Å². The Morgan fingerprint density at radius 2 is 1.92 bits per heavy atom. The highest BCUT2D eigenvalue weighted by molar-refractivity contribution is 5.64. The Kier molecular flexibility index (Phi) is 5.69. The fourth-order valence-corrected chi connectivity index (χ4v) is 2.89. The van der Waals surface area contributed by atoms with Gasteiger partial charge < -0.3 is 15.2 Å². The number of phenols is 1. The first-order valence-corrected chi connectivity index (χ1v) is 8.72. The van der Waals surface area contributed by atoms with E-state index in [2.05, 4.69) is 34.3 Å². The lowest BCUT2D eigenvalue weighted by Crippen LogP contribution is -2.12. The predicted molar refractivity (Wildman–Crippen MR) is 103 cm³/mol. The van der Waals surface area contributed by atoms with Gasteiger partial charge in [0.2, 0.25) is 0 Å². The van der Waals surface area contributed by atoms with Crippen LogP contribution in [0.15, 0.2) is 60.9 Å². The summed E-state index contributed by atoms with van der Waals surface area (Å²) in [6.07, 6.45) is 5.50. The van der Waals surface area contributed by atoms with Gasteiger partial charge >= 0.3 is 0 Å². The van der Waals surface area contributed by atoms with Gasteiger partial charge in [-0.15, -0.1) is 0 Å². The number of anilines is 1. The maximum absolute atomic E-state index is 9.77. The minimum Gasteiger partial charge on any atom is -0.504 e. The molecule has 3 rings (SSSR count). The number of hydrogen-bond acceptors (Lipinski definition) is 5. The molecule has 0 saturated heterocycles. The molecule has 0 radical (unpaired) electrons. The molecule has 1 atom stereocenters. The fraction of sp³-hybridized carbons (Fsp3) is 0.238. The van der Waals surface area contributed by atoms with Crippen molar-refractivity contribution < 1.29 is 9.84 Å². The molecule has 0 aliphatic rings. The molecular weight excluding hydrogens is 326 g/mol. The first kappa shape index (κ1) is 17.7. The Bertz CT molecular complexity index is 853.